The van der Waals surface area contributed by atoms with Gasteiger partial charge >= 0.3 is 17.9 Å². The van der Waals surface area contributed by atoms with Gasteiger partial charge in [0.2, 0.25) is 5.91 Å². The number of thiocarbonyl (C=S) groups is 4. The average Bonchev–Trinajstić information content (AvgIpc) is 4.28. The van der Waals surface area contributed by atoms with Crippen LogP contribution in [0.3, 0.4) is 0 Å². The van der Waals surface area contributed by atoms with Crippen LogP contribution >= 0.6 is 84.0 Å². The summed E-state index contributed by atoms with van der Waals surface area (Å²) in [7, 11) is 0. The molecule has 2 fully saturated rings. The first kappa shape index (κ1) is 66.3. The number of hydrogen-bond donors (Lipinski definition) is 4. The highest BCUT2D eigenvalue weighted by Gasteiger charge is 2.33. The number of carboxylic acid groups (broad SMARTS) is 3. The molecule has 0 bridgehead atoms. The van der Waals surface area contributed by atoms with E-state index in [4.69, 9.17) is 65.9 Å². The minimum Gasteiger partial charge on any atom is -0.480 e. The summed E-state index contributed by atoms with van der Waals surface area (Å²) in [6.07, 6.45) is 2.31. The van der Waals surface area contributed by atoms with Crippen LogP contribution in [0, 0.1) is 41.5 Å². The average molecular weight is 1220 g/mol. The summed E-state index contributed by atoms with van der Waals surface area (Å²) in [6, 6.07) is 37.9. The first-order chi connectivity index (χ1) is 38.6. The van der Waals surface area contributed by atoms with Gasteiger partial charge in [-0.05, 0) is 165 Å². The Morgan fingerprint density at radius 1 is 0.630 bits per heavy atom. The van der Waals surface area contributed by atoms with Crippen LogP contribution in [0.2, 0.25) is 0 Å². The second kappa shape index (κ2) is 32.9. The van der Waals surface area contributed by atoms with Crippen LogP contribution in [0.1, 0.15) is 87.1 Å². The van der Waals surface area contributed by atoms with Gasteiger partial charge < -0.3 is 29.9 Å². The molecular weight excluding hydrogens is 1170 g/mol. The molecule has 0 saturated carbocycles. The minimum atomic E-state index is -0.980. The molecule has 81 heavy (non-hydrogen) atoms. The Labute approximate surface area is 504 Å². The number of carbonyl (C=O) groups excluding carboxylic acids is 3. The molecule has 0 radical (unpaired) electrons. The van der Waals surface area contributed by atoms with Crippen molar-refractivity contribution in [1.29, 1.82) is 0 Å². The second-order valence-corrected chi connectivity index (χ2v) is 21.7. The third-order valence-electron chi connectivity index (χ3n) is 12.3. The van der Waals surface area contributed by atoms with E-state index in [1.807, 2.05) is 48.5 Å². The van der Waals surface area contributed by atoms with Crippen LogP contribution in [-0.4, -0.2) is 85.7 Å². The lowest BCUT2D eigenvalue weighted by Gasteiger charge is -2.17. The zero-order valence-electron chi connectivity index (χ0n) is 44.7. The molecule has 0 unspecified atom stereocenters. The van der Waals surface area contributed by atoms with Crippen LogP contribution in [0.4, 0.5) is 0 Å². The van der Waals surface area contributed by atoms with Crippen LogP contribution in [0.25, 0.3) is 28.7 Å². The van der Waals surface area contributed by atoms with Crippen LogP contribution in [0.5, 0.6) is 0 Å². The first-order valence-electron chi connectivity index (χ1n) is 24.2. The van der Waals surface area contributed by atoms with Gasteiger partial charge in [-0.15, -0.1) is 11.6 Å². The summed E-state index contributed by atoms with van der Waals surface area (Å²) < 4.78 is 14.2. The van der Waals surface area contributed by atoms with Crippen molar-refractivity contribution in [1.82, 2.24) is 9.80 Å². The van der Waals surface area contributed by atoms with Crippen LogP contribution < -0.4 is 5.73 Å². The number of furan rings is 2. The van der Waals surface area contributed by atoms with Crippen molar-refractivity contribution >= 4 is 139 Å². The first-order valence-corrected chi connectivity index (χ1v) is 28.2. The zero-order valence-corrected chi connectivity index (χ0v) is 50.4. The molecule has 420 valence electrons. The number of thioether (sulfide) groups is 2. The predicted octanol–water partition coefficient (Wildman–Crippen LogP) is 13.9. The van der Waals surface area contributed by atoms with E-state index < -0.39 is 17.9 Å². The van der Waals surface area contributed by atoms with Crippen molar-refractivity contribution in [3.8, 4) is 22.6 Å². The summed E-state index contributed by atoms with van der Waals surface area (Å²) in [4.78, 5) is 69.7. The summed E-state index contributed by atoms with van der Waals surface area (Å²) in [5.74, 6) is -0.852. The van der Waals surface area contributed by atoms with Crippen molar-refractivity contribution in [2.45, 2.75) is 61.2 Å². The number of aryl methyl sites for hydroxylation is 3. The fraction of sp³-hybridized carbons (Fsp3) is 0.183. The van der Waals surface area contributed by atoms with E-state index in [-0.39, 0.29) is 34.6 Å². The number of rotatable bonds is 12. The molecular formula is C60H56ClN3O11S6. The number of carbonyl (C=O) groups is 6. The number of benzene rings is 5. The number of aliphatic carboxylic acids is 1. The van der Waals surface area contributed by atoms with Gasteiger partial charge in [0.25, 0.3) is 5.91 Å². The fourth-order valence-electron chi connectivity index (χ4n) is 7.35. The molecule has 21 heteroatoms. The normalized spacial score (nSPS) is 12.7. The van der Waals surface area contributed by atoms with Gasteiger partial charge in [-0.2, -0.15) is 0 Å². The smallest absolute Gasteiger partial charge is 0.335 e. The largest absolute Gasteiger partial charge is 0.480 e. The number of nitrogens with zero attached hydrogens (tertiary/aromatic N) is 2. The second-order valence-electron chi connectivity index (χ2n) is 17.5. The molecule has 2 saturated heterocycles. The highest BCUT2D eigenvalue weighted by molar-refractivity contribution is 8.26. The molecule has 0 atom stereocenters. The molecule has 14 nitrogen and oxygen atoms in total. The number of amides is 2. The number of hydrogen-bond acceptors (Lipinski definition) is 15. The number of alkyl halides is 1. The topological polar surface area (TPSA) is 222 Å². The number of halogens is 1. The van der Waals surface area contributed by atoms with Gasteiger partial charge in [-0.1, -0.05) is 127 Å². The molecule has 0 spiro atoms. The molecule has 2 aromatic heterocycles. The maximum Gasteiger partial charge on any atom is 0.335 e. The SMILES string of the molecule is Cc1cccc(CN)c1C.Cc1cccc(CN2C(=O)/C(=C/c3ccc(-c4ccc(C(=O)O)cc4)o3)SC2=S)c1C.Cc1cccc(CN2C(=O)CSC2=S)c1C.O=C(O)CCl.O=Cc1ccc(-c2ccc(C(=O)O)cc2)o1.S=C=S. The van der Waals surface area contributed by atoms with E-state index in [0.29, 0.717) is 62.5 Å². The third kappa shape index (κ3) is 19.8. The van der Waals surface area contributed by atoms with Gasteiger partial charge in [-0.25, -0.2) is 9.59 Å². The Bertz CT molecular complexity index is 3460. The minimum absolute atomic E-state index is 0.121. The molecule has 5 N–H and O–H groups in total. The van der Waals surface area contributed by atoms with Crippen molar-refractivity contribution in [2.24, 2.45) is 5.73 Å². The summed E-state index contributed by atoms with van der Waals surface area (Å²) in [5.41, 5.74) is 18.4. The molecule has 2 amide bonds. The van der Waals surface area contributed by atoms with E-state index >= 15 is 0 Å². The molecule has 7 aromatic rings. The maximum atomic E-state index is 13.0. The fourth-order valence-corrected chi connectivity index (χ4v) is 9.65. The maximum absolute atomic E-state index is 13.0. The number of nitrogens with two attached hydrogens (primary N) is 1. The summed E-state index contributed by atoms with van der Waals surface area (Å²) in [6.45, 7) is 14.2. The lowest BCUT2D eigenvalue weighted by atomic mass is 10.0. The quantitative estimate of drug-likeness (QED) is 0.0386. The van der Waals surface area contributed by atoms with Gasteiger partial charge in [0, 0.05) is 28.1 Å². The van der Waals surface area contributed by atoms with E-state index in [2.05, 4.69) is 76.4 Å². The van der Waals surface area contributed by atoms with Gasteiger partial charge in [0.1, 0.15) is 31.8 Å². The molecule has 2 aliphatic heterocycles. The Kier molecular flexibility index (Phi) is 26.9. The van der Waals surface area contributed by atoms with Crippen LogP contribution in [0.15, 0.2) is 141 Å². The standard InChI is InChI=1S/C24H19NO4S2.C12H13NOS2.C12H8O4.C9H13N.C2H3ClO2.CS2/c1-14-4-3-5-18(15(14)2)13-25-22(26)21(31-24(25)30)12-19-10-11-20(29-19)16-6-8-17(9-7-16)23(27)28;1-8-4-3-5-10(9(8)2)6-13-11(14)7-16-12(13)15;13-7-10-5-6-11(16-10)8-1-3-9(4-2-8)12(14)15;1-7-4-3-5-9(6-10)8(7)2;3-1-2(4)5;2-1-3/h3-12H,13H2,1-2H3,(H,27,28);3-5H,6-7H2,1-2H3;1-7H,(H,14,15);3-5H,6,10H2,1-2H3;1H2,(H,4,5);/b21-12-;;;;;. The van der Waals surface area contributed by atoms with Crippen molar-refractivity contribution in [3.63, 3.8) is 0 Å². The Balaban J connectivity index is 0.000000239. The van der Waals surface area contributed by atoms with E-state index in [9.17, 15) is 28.8 Å². The molecule has 2 aliphatic rings. The monoisotopic (exact) mass is 1220 g/mol. The Morgan fingerprint density at radius 3 is 1.41 bits per heavy atom. The molecule has 5 aromatic carbocycles. The van der Waals surface area contributed by atoms with E-state index in [0.717, 1.165) is 22.3 Å². The van der Waals surface area contributed by atoms with Crippen molar-refractivity contribution < 1.29 is 52.9 Å². The van der Waals surface area contributed by atoms with Crippen molar-refractivity contribution in [3.05, 3.63) is 205 Å². The molecule has 4 heterocycles. The Hall–Kier alpha value is -7.23. The lowest BCUT2D eigenvalue weighted by molar-refractivity contribution is -0.134. The highest BCUT2D eigenvalue weighted by atomic mass is 35.5. The van der Waals surface area contributed by atoms with Gasteiger partial charge in [0.15, 0.2) is 12.0 Å². The van der Waals surface area contributed by atoms with E-state index in [1.165, 1.54) is 86.7 Å². The summed E-state index contributed by atoms with van der Waals surface area (Å²) >= 11 is 26.0. The van der Waals surface area contributed by atoms with Crippen LogP contribution in [-0.2, 0) is 34.0 Å². The number of carboxylic acids is 3. The molecule has 0 aliphatic carbocycles. The van der Waals surface area contributed by atoms with Gasteiger partial charge in [0.05, 0.1) is 34.9 Å². The van der Waals surface area contributed by atoms with Gasteiger partial charge in [-0.3, -0.25) is 29.0 Å². The van der Waals surface area contributed by atoms with Crippen molar-refractivity contribution in [2.75, 3.05) is 11.6 Å². The summed E-state index contributed by atoms with van der Waals surface area (Å²) in [5, 5.41) is 25.3. The Morgan fingerprint density at radius 2 is 1.04 bits per heavy atom. The highest BCUT2D eigenvalue weighted by Crippen LogP contribution is 2.35. The lowest BCUT2D eigenvalue weighted by Crippen LogP contribution is -2.28. The third-order valence-corrected chi connectivity index (χ3v) is 15.4. The zero-order chi connectivity index (χ0) is 59.9. The number of aldehydes is 1. The van der Waals surface area contributed by atoms with E-state index in [1.54, 1.807) is 64.4 Å². The predicted molar refractivity (Wildman–Crippen MR) is 336 cm³/mol. The number of aromatic carboxylic acids is 2. The molecule has 9 rings (SSSR count).